The van der Waals surface area contributed by atoms with Gasteiger partial charge in [0.15, 0.2) is 11.5 Å². The van der Waals surface area contributed by atoms with E-state index in [1.807, 2.05) is 30.3 Å². The molecule has 4 rings (SSSR count). The van der Waals surface area contributed by atoms with Crippen molar-refractivity contribution in [3.63, 3.8) is 0 Å². The van der Waals surface area contributed by atoms with Gasteiger partial charge in [-0.1, -0.05) is 30.3 Å². The van der Waals surface area contributed by atoms with Crippen LogP contribution < -0.4 is 5.43 Å². The number of hydrogen-bond acceptors (Lipinski definition) is 3. The first-order valence-electron chi connectivity index (χ1n) is 6.66. The Bertz CT molecular complexity index is 926. The Morgan fingerprint density at radius 3 is 2.57 bits per heavy atom. The lowest BCUT2D eigenvalue weighted by Gasteiger charge is -2.11. The molecule has 0 aliphatic carbocycles. The number of carbonyl (C=O) groups is 1. The normalized spacial score (nSPS) is 16.8. The fraction of sp³-hybridized carbons (Fsp3) is 0.0588. The molecule has 1 atom stereocenters. The molecule has 21 heavy (non-hydrogen) atoms. The van der Waals surface area contributed by atoms with Gasteiger partial charge < -0.3 is 9.72 Å². The Morgan fingerprint density at radius 2 is 1.67 bits per heavy atom. The average molecular weight is 277 g/mol. The molecule has 0 bridgehead atoms. The summed E-state index contributed by atoms with van der Waals surface area (Å²) in [6.07, 6.45) is 0.993. The number of rotatable bonds is 1. The molecule has 4 heteroatoms. The highest BCUT2D eigenvalue weighted by molar-refractivity contribution is 5.94. The lowest BCUT2D eigenvalue weighted by Crippen LogP contribution is -2.15. The van der Waals surface area contributed by atoms with Crippen LogP contribution in [0, 0.1) is 0 Å². The number of esters is 1. The van der Waals surface area contributed by atoms with Gasteiger partial charge in [0.05, 0.1) is 11.1 Å². The maximum absolute atomic E-state index is 12.6. The van der Waals surface area contributed by atoms with Crippen LogP contribution in [-0.4, -0.2) is 11.0 Å². The highest BCUT2D eigenvalue weighted by atomic mass is 16.5. The van der Waals surface area contributed by atoms with Crippen LogP contribution in [0.15, 0.2) is 59.5 Å². The molecule has 0 unspecified atom stereocenters. The zero-order valence-electron chi connectivity index (χ0n) is 11.0. The maximum Gasteiger partial charge on any atom is 0.339 e. The molecule has 3 aromatic rings. The second-order valence-electron chi connectivity index (χ2n) is 4.99. The summed E-state index contributed by atoms with van der Waals surface area (Å²) >= 11 is 0. The molecule has 0 saturated heterocycles. The number of nitrogens with one attached hydrogen (secondary N) is 1. The lowest BCUT2D eigenvalue weighted by molar-refractivity contribution is 0.0454. The van der Waals surface area contributed by atoms with Crippen LogP contribution in [0.25, 0.3) is 10.9 Å². The predicted molar refractivity (Wildman–Crippen MR) is 78.3 cm³/mol. The molecule has 0 fully saturated rings. The third-order valence-corrected chi connectivity index (χ3v) is 3.79. The molecule has 0 spiro atoms. The van der Waals surface area contributed by atoms with E-state index in [2.05, 4.69) is 4.98 Å². The Labute approximate surface area is 120 Å². The van der Waals surface area contributed by atoms with E-state index in [1.165, 1.54) is 0 Å². The summed E-state index contributed by atoms with van der Waals surface area (Å²) in [6, 6.07) is 14.4. The van der Waals surface area contributed by atoms with Crippen molar-refractivity contribution in [2.24, 2.45) is 0 Å². The van der Waals surface area contributed by atoms with Gasteiger partial charge in [0.2, 0.25) is 0 Å². The van der Waals surface area contributed by atoms with Gasteiger partial charge in [0.1, 0.15) is 0 Å². The standard InChI is InChI=1S/C17H11NO3/c19-15-12-7-3-4-8-14(12)18-9-13(15)16-10-5-1-2-6-11(10)17(20)21-16/h1-9,16H,(H,18,19)/t16-/m1/s1. The van der Waals surface area contributed by atoms with Gasteiger partial charge in [0.25, 0.3) is 0 Å². The SMILES string of the molecule is O=C1O[C@@H](c2c[nH]c3ccccc3c2=O)c2ccccc21. The van der Waals surface area contributed by atoms with Gasteiger partial charge in [-0.05, 0) is 18.2 Å². The van der Waals surface area contributed by atoms with Crippen molar-refractivity contribution in [2.45, 2.75) is 6.10 Å². The summed E-state index contributed by atoms with van der Waals surface area (Å²) < 4.78 is 5.39. The van der Waals surface area contributed by atoms with Crippen molar-refractivity contribution in [3.05, 3.63) is 81.6 Å². The molecule has 1 aliphatic heterocycles. The molecule has 102 valence electrons. The van der Waals surface area contributed by atoms with Gasteiger partial charge in [-0.15, -0.1) is 0 Å². The van der Waals surface area contributed by atoms with E-state index < -0.39 is 6.10 Å². The van der Waals surface area contributed by atoms with E-state index in [4.69, 9.17) is 4.74 Å². The minimum Gasteiger partial charge on any atom is -0.449 e. The smallest absolute Gasteiger partial charge is 0.339 e. The molecule has 4 nitrogen and oxygen atoms in total. The van der Waals surface area contributed by atoms with E-state index in [-0.39, 0.29) is 11.4 Å². The van der Waals surface area contributed by atoms with Crippen LogP contribution >= 0.6 is 0 Å². The first-order valence-corrected chi connectivity index (χ1v) is 6.66. The Hall–Kier alpha value is -2.88. The van der Waals surface area contributed by atoms with E-state index in [0.29, 0.717) is 16.5 Å². The minimum atomic E-state index is -0.637. The van der Waals surface area contributed by atoms with Crippen molar-refractivity contribution in [1.82, 2.24) is 4.98 Å². The van der Waals surface area contributed by atoms with Crippen LogP contribution in [0.1, 0.15) is 27.6 Å². The second kappa shape index (κ2) is 4.31. The van der Waals surface area contributed by atoms with Crippen molar-refractivity contribution >= 4 is 16.9 Å². The number of fused-ring (bicyclic) bond motifs is 2. The average Bonchev–Trinajstić information content (AvgIpc) is 2.86. The number of para-hydroxylation sites is 1. The molecule has 1 aromatic heterocycles. The van der Waals surface area contributed by atoms with Crippen LogP contribution in [0.5, 0.6) is 0 Å². The fourth-order valence-electron chi connectivity index (χ4n) is 2.75. The number of benzene rings is 2. The zero-order valence-corrected chi connectivity index (χ0v) is 11.0. The molecule has 1 aliphatic rings. The van der Waals surface area contributed by atoms with Gasteiger partial charge in [-0.25, -0.2) is 4.79 Å². The molecule has 0 saturated carbocycles. The summed E-state index contributed by atoms with van der Waals surface area (Å²) in [5, 5.41) is 0.593. The fourth-order valence-corrected chi connectivity index (χ4v) is 2.75. The van der Waals surface area contributed by atoms with Crippen LogP contribution in [0.2, 0.25) is 0 Å². The first-order chi connectivity index (χ1) is 10.3. The summed E-state index contributed by atoms with van der Waals surface area (Å²) in [7, 11) is 0. The Kier molecular flexibility index (Phi) is 2.44. The highest BCUT2D eigenvalue weighted by Crippen LogP contribution is 2.34. The van der Waals surface area contributed by atoms with Gasteiger partial charge in [-0.2, -0.15) is 0 Å². The number of carbonyl (C=O) groups excluding carboxylic acids is 1. The second-order valence-corrected chi connectivity index (χ2v) is 4.99. The monoisotopic (exact) mass is 277 g/mol. The maximum atomic E-state index is 12.6. The van der Waals surface area contributed by atoms with Gasteiger partial charge >= 0.3 is 5.97 Å². The number of H-pyrrole nitrogens is 1. The molecular formula is C17H11NO3. The molecule has 2 heterocycles. The quantitative estimate of drug-likeness (QED) is 0.696. The van der Waals surface area contributed by atoms with Crippen molar-refractivity contribution in [1.29, 1.82) is 0 Å². The van der Waals surface area contributed by atoms with Crippen molar-refractivity contribution in [3.8, 4) is 0 Å². The number of ether oxygens (including phenoxy) is 1. The Balaban J connectivity index is 1.95. The number of aromatic nitrogens is 1. The topological polar surface area (TPSA) is 59.2 Å². The van der Waals surface area contributed by atoms with E-state index >= 15 is 0 Å². The highest BCUT2D eigenvalue weighted by Gasteiger charge is 2.33. The van der Waals surface area contributed by atoms with Crippen LogP contribution in [-0.2, 0) is 4.74 Å². The zero-order chi connectivity index (χ0) is 14.4. The number of pyridine rings is 1. The third kappa shape index (κ3) is 1.69. The van der Waals surface area contributed by atoms with Crippen LogP contribution in [0.3, 0.4) is 0 Å². The summed E-state index contributed by atoms with van der Waals surface area (Å²) in [5.41, 5.74) is 2.37. The van der Waals surface area contributed by atoms with Gasteiger partial charge in [-0.3, -0.25) is 4.79 Å². The lowest BCUT2D eigenvalue weighted by atomic mass is 9.99. The molecule has 0 amide bonds. The van der Waals surface area contributed by atoms with E-state index in [9.17, 15) is 9.59 Å². The third-order valence-electron chi connectivity index (χ3n) is 3.79. The Morgan fingerprint density at radius 1 is 0.905 bits per heavy atom. The molecule has 1 N–H and O–H groups in total. The minimum absolute atomic E-state index is 0.112. The number of aromatic amines is 1. The number of cyclic esters (lactones) is 1. The largest absolute Gasteiger partial charge is 0.449 e. The summed E-state index contributed by atoms with van der Waals surface area (Å²) in [4.78, 5) is 27.6. The molecular weight excluding hydrogens is 266 g/mol. The predicted octanol–water partition coefficient (Wildman–Crippen LogP) is 2.79. The summed E-state index contributed by atoms with van der Waals surface area (Å²) in [6.45, 7) is 0. The summed E-state index contributed by atoms with van der Waals surface area (Å²) in [5.74, 6) is -0.386. The molecule has 2 aromatic carbocycles. The van der Waals surface area contributed by atoms with Crippen molar-refractivity contribution in [2.75, 3.05) is 0 Å². The van der Waals surface area contributed by atoms with Gasteiger partial charge in [0, 0.05) is 22.7 Å². The van der Waals surface area contributed by atoms with E-state index in [0.717, 1.165) is 11.1 Å². The first kappa shape index (κ1) is 11.9. The molecule has 0 radical (unpaired) electrons. The van der Waals surface area contributed by atoms with E-state index in [1.54, 1.807) is 24.4 Å². The van der Waals surface area contributed by atoms with Crippen molar-refractivity contribution < 1.29 is 9.53 Å². The van der Waals surface area contributed by atoms with Crippen LogP contribution in [0.4, 0.5) is 0 Å². The number of hydrogen-bond donors (Lipinski definition) is 1.